The Bertz CT molecular complexity index is 479. The van der Waals surface area contributed by atoms with Gasteiger partial charge in [0, 0.05) is 6.54 Å². The summed E-state index contributed by atoms with van der Waals surface area (Å²) in [4.78, 5) is 0.344. The van der Waals surface area contributed by atoms with E-state index in [0.717, 1.165) is 31.4 Å². The average molecular weight is 298 g/mol. The zero-order chi connectivity index (χ0) is 15.0. The molecule has 1 aromatic rings. The summed E-state index contributed by atoms with van der Waals surface area (Å²) < 4.78 is 27.0. The molecular formula is C15H26N2O2S. The number of hydrogen-bond donors (Lipinski definition) is 2. The predicted octanol–water partition coefficient (Wildman–Crippen LogP) is 2.16. The van der Waals surface area contributed by atoms with Crippen molar-refractivity contribution < 1.29 is 8.42 Å². The van der Waals surface area contributed by atoms with Crippen LogP contribution in [0.25, 0.3) is 0 Å². The number of benzene rings is 1. The van der Waals surface area contributed by atoms with Crippen LogP contribution >= 0.6 is 0 Å². The Labute approximate surface area is 123 Å². The van der Waals surface area contributed by atoms with Gasteiger partial charge in [0.1, 0.15) is 0 Å². The highest BCUT2D eigenvalue weighted by Crippen LogP contribution is 2.12. The van der Waals surface area contributed by atoms with E-state index >= 15 is 0 Å². The standard InChI is InChI=1S/C15H26N2O2S/c1-4-13(5-2)12-17-20(18,19)15-8-6-14(7-9-15)10-11-16-3/h6-9,13,16-17H,4-5,10-12H2,1-3H3. The first-order valence-corrected chi connectivity index (χ1v) is 8.75. The molecule has 20 heavy (non-hydrogen) atoms. The van der Waals surface area contributed by atoms with E-state index in [9.17, 15) is 8.42 Å². The fourth-order valence-electron chi connectivity index (χ4n) is 1.99. The van der Waals surface area contributed by atoms with Gasteiger partial charge in [-0.2, -0.15) is 0 Å². The molecule has 0 saturated carbocycles. The van der Waals surface area contributed by atoms with Crippen molar-refractivity contribution in [3.05, 3.63) is 29.8 Å². The summed E-state index contributed by atoms with van der Waals surface area (Å²) in [6, 6.07) is 7.12. The molecule has 0 heterocycles. The second-order valence-corrected chi connectivity index (χ2v) is 6.80. The minimum Gasteiger partial charge on any atom is -0.319 e. The predicted molar refractivity (Wildman–Crippen MR) is 83.3 cm³/mol. The summed E-state index contributed by atoms with van der Waals surface area (Å²) >= 11 is 0. The molecule has 0 aliphatic rings. The van der Waals surface area contributed by atoms with Gasteiger partial charge in [0.15, 0.2) is 0 Å². The molecule has 0 amide bonds. The Balaban J connectivity index is 2.67. The van der Waals surface area contributed by atoms with E-state index in [1.165, 1.54) is 0 Å². The van der Waals surface area contributed by atoms with Gasteiger partial charge in [-0.25, -0.2) is 13.1 Å². The lowest BCUT2D eigenvalue weighted by molar-refractivity contribution is 0.479. The van der Waals surface area contributed by atoms with E-state index in [1.54, 1.807) is 12.1 Å². The van der Waals surface area contributed by atoms with Gasteiger partial charge in [0.25, 0.3) is 0 Å². The summed E-state index contributed by atoms with van der Waals surface area (Å²) in [5.74, 6) is 0.402. The first-order chi connectivity index (χ1) is 9.53. The Hall–Kier alpha value is -0.910. The van der Waals surface area contributed by atoms with E-state index in [2.05, 4.69) is 23.9 Å². The Morgan fingerprint density at radius 2 is 1.70 bits per heavy atom. The van der Waals surface area contributed by atoms with Crippen LogP contribution in [0.15, 0.2) is 29.2 Å². The highest BCUT2D eigenvalue weighted by Gasteiger charge is 2.15. The van der Waals surface area contributed by atoms with Crippen LogP contribution in [0.3, 0.4) is 0 Å². The minimum absolute atomic E-state index is 0.344. The Morgan fingerprint density at radius 3 is 2.20 bits per heavy atom. The van der Waals surface area contributed by atoms with E-state index < -0.39 is 10.0 Å². The Kier molecular flexibility index (Phi) is 7.19. The molecule has 0 saturated heterocycles. The van der Waals surface area contributed by atoms with Gasteiger partial charge in [-0.15, -0.1) is 0 Å². The fraction of sp³-hybridized carbons (Fsp3) is 0.600. The van der Waals surface area contributed by atoms with Crippen LogP contribution in [0, 0.1) is 5.92 Å². The van der Waals surface area contributed by atoms with Gasteiger partial charge in [0.2, 0.25) is 10.0 Å². The third-order valence-electron chi connectivity index (χ3n) is 3.61. The molecule has 0 aliphatic heterocycles. The quantitative estimate of drug-likeness (QED) is 0.734. The highest BCUT2D eigenvalue weighted by molar-refractivity contribution is 7.89. The third-order valence-corrected chi connectivity index (χ3v) is 5.05. The van der Waals surface area contributed by atoms with Crippen LogP contribution in [0.1, 0.15) is 32.3 Å². The number of sulfonamides is 1. The number of nitrogens with one attached hydrogen (secondary N) is 2. The van der Waals surface area contributed by atoms with Gasteiger partial charge in [0.05, 0.1) is 4.90 Å². The lowest BCUT2D eigenvalue weighted by Crippen LogP contribution is -2.29. The van der Waals surface area contributed by atoms with Crippen LogP contribution in [0.4, 0.5) is 0 Å². The monoisotopic (exact) mass is 298 g/mol. The third kappa shape index (κ3) is 5.23. The van der Waals surface area contributed by atoms with Gasteiger partial charge in [-0.05, 0) is 43.6 Å². The molecule has 114 valence electrons. The average Bonchev–Trinajstić information content (AvgIpc) is 2.46. The highest BCUT2D eigenvalue weighted by atomic mass is 32.2. The van der Waals surface area contributed by atoms with Crippen LogP contribution in [0.5, 0.6) is 0 Å². The summed E-state index contributed by atoms with van der Waals surface area (Å²) in [6.07, 6.45) is 2.88. The number of hydrogen-bond acceptors (Lipinski definition) is 3. The SMILES string of the molecule is CCC(CC)CNS(=O)(=O)c1ccc(CCNC)cc1. The van der Waals surface area contributed by atoms with E-state index in [4.69, 9.17) is 0 Å². The second kappa shape index (κ2) is 8.39. The first-order valence-electron chi connectivity index (χ1n) is 7.26. The van der Waals surface area contributed by atoms with Gasteiger partial charge >= 0.3 is 0 Å². The Morgan fingerprint density at radius 1 is 1.10 bits per heavy atom. The van der Waals surface area contributed by atoms with Gasteiger partial charge in [-0.3, -0.25) is 0 Å². The molecule has 1 aromatic carbocycles. The van der Waals surface area contributed by atoms with Crippen molar-refractivity contribution >= 4 is 10.0 Å². The zero-order valence-corrected chi connectivity index (χ0v) is 13.5. The molecule has 0 bridgehead atoms. The van der Waals surface area contributed by atoms with Crippen LogP contribution in [-0.4, -0.2) is 28.6 Å². The maximum absolute atomic E-state index is 12.2. The molecule has 1 rings (SSSR count). The van der Waals surface area contributed by atoms with E-state index in [-0.39, 0.29) is 0 Å². The van der Waals surface area contributed by atoms with Crippen molar-refractivity contribution in [2.75, 3.05) is 20.1 Å². The lowest BCUT2D eigenvalue weighted by Gasteiger charge is -2.13. The molecule has 0 spiro atoms. The van der Waals surface area contributed by atoms with Crippen LogP contribution in [-0.2, 0) is 16.4 Å². The van der Waals surface area contributed by atoms with Gasteiger partial charge in [-0.1, -0.05) is 38.8 Å². The first kappa shape index (κ1) is 17.1. The molecule has 2 N–H and O–H groups in total. The molecule has 5 heteroatoms. The van der Waals surface area contributed by atoms with Crippen molar-refractivity contribution in [1.82, 2.24) is 10.0 Å². The summed E-state index contributed by atoms with van der Waals surface area (Å²) in [5.41, 5.74) is 1.14. The number of rotatable bonds is 9. The number of likely N-dealkylation sites (N-methyl/N-ethyl adjacent to an activating group) is 1. The van der Waals surface area contributed by atoms with Crippen molar-refractivity contribution in [3.8, 4) is 0 Å². The molecule has 0 atom stereocenters. The van der Waals surface area contributed by atoms with Crippen molar-refractivity contribution in [2.24, 2.45) is 5.92 Å². The molecule has 0 fully saturated rings. The van der Waals surface area contributed by atoms with Crippen LogP contribution in [0.2, 0.25) is 0 Å². The van der Waals surface area contributed by atoms with Gasteiger partial charge < -0.3 is 5.32 Å². The lowest BCUT2D eigenvalue weighted by atomic mass is 10.0. The molecule has 0 aliphatic carbocycles. The van der Waals surface area contributed by atoms with Crippen molar-refractivity contribution in [1.29, 1.82) is 0 Å². The van der Waals surface area contributed by atoms with Crippen molar-refractivity contribution in [2.45, 2.75) is 38.0 Å². The topological polar surface area (TPSA) is 58.2 Å². The normalized spacial score (nSPS) is 12.0. The van der Waals surface area contributed by atoms with E-state index in [1.807, 2.05) is 19.2 Å². The maximum Gasteiger partial charge on any atom is 0.240 e. The summed E-state index contributed by atoms with van der Waals surface area (Å²) in [6.45, 7) is 5.56. The summed E-state index contributed by atoms with van der Waals surface area (Å²) in [5, 5.41) is 3.08. The molecule has 4 nitrogen and oxygen atoms in total. The minimum atomic E-state index is -3.38. The largest absolute Gasteiger partial charge is 0.319 e. The zero-order valence-electron chi connectivity index (χ0n) is 12.6. The van der Waals surface area contributed by atoms with Crippen molar-refractivity contribution in [3.63, 3.8) is 0 Å². The maximum atomic E-state index is 12.2. The fourth-order valence-corrected chi connectivity index (χ4v) is 3.11. The molecule has 0 radical (unpaired) electrons. The van der Waals surface area contributed by atoms with E-state index in [0.29, 0.717) is 17.4 Å². The smallest absolute Gasteiger partial charge is 0.240 e. The molecular weight excluding hydrogens is 272 g/mol. The molecule has 0 unspecified atom stereocenters. The summed E-state index contributed by atoms with van der Waals surface area (Å²) in [7, 11) is -1.48. The van der Waals surface area contributed by atoms with Crippen LogP contribution < -0.4 is 10.0 Å². The second-order valence-electron chi connectivity index (χ2n) is 5.03. The molecule has 0 aromatic heterocycles.